The maximum atomic E-state index is 12.8. The highest BCUT2D eigenvalue weighted by Crippen LogP contribution is 2.67. The Morgan fingerprint density at radius 3 is 3.00 bits per heavy atom. The van der Waals surface area contributed by atoms with E-state index in [2.05, 4.69) is 45.3 Å². The number of nitrogen functional groups attached to an aromatic ring is 1. The SMILES string of the molecule is Cc1cnc2c(N)c(C(=O)NC[C@H](C)c3ccc(N4CC5CC6CCC65C4)c(C#N)c3)sc2n1. The van der Waals surface area contributed by atoms with E-state index in [1.54, 1.807) is 6.20 Å². The molecule has 1 spiro atoms. The number of carbonyl (C=O) groups excluding carboxylic acids is 1. The monoisotopic (exact) mass is 472 g/mol. The molecule has 1 aliphatic heterocycles. The van der Waals surface area contributed by atoms with E-state index in [0.717, 1.165) is 47.4 Å². The van der Waals surface area contributed by atoms with Gasteiger partial charge in [0.05, 0.1) is 22.6 Å². The number of anilines is 2. The van der Waals surface area contributed by atoms with Gasteiger partial charge in [-0.25, -0.2) is 9.97 Å². The van der Waals surface area contributed by atoms with Crippen LogP contribution in [0.5, 0.6) is 0 Å². The lowest BCUT2D eigenvalue weighted by Crippen LogP contribution is -2.55. The Bertz CT molecular complexity index is 1360. The first-order valence-electron chi connectivity index (χ1n) is 12.0. The summed E-state index contributed by atoms with van der Waals surface area (Å²) in [5.41, 5.74) is 11.3. The van der Waals surface area contributed by atoms with E-state index in [1.807, 2.05) is 13.0 Å². The van der Waals surface area contributed by atoms with Gasteiger partial charge in [-0.05, 0) is 67.1 Å². The first kappa shape index (κ1) is 21.4. The number of nitrogens with zero attached hydrogens (tertiary/aromatic N) is 4. The van der Waals surface area contributed by atoms with Crippen molar-refractivity contribution in [2.24, 2.45) is 17.3 Å². The minimum Gasteiger partial charge on any atom is -0.396 e. The van der Waals surface area contributed by atoms with Crippen LogP contribution in [0.3, 0.4) is 0 Å². The van der Waals surface area contributed by atoms with Crippen molar-refractivity contribution in [2.45, 2.75) is 39.0 Å². The average Bonchev–Trinajstić information content (AvgIpc) is 3.36. The molecule has 2 aliphatic carbocycles. The molecular weight excluding hydrogens is 444 g/mol. The molecule has 0 radical (unpaired) electrons. The zero-order valence-corrected chi connectivity index (χ0v) is 20.3. The van der Waals surface area contributed by atoms with Gasteiger partial charge in [-0.3, -0.25) is 4.79 Å². The number of nitriles is 1. The van der Waals surface area contributed by atoms with E-state index in [1.165, 1.54) is 30.6 Å². The van der Waals surface area contributed by atoms with Gasteiger partial charge in [0.1, 0.15) is 21.3 Å². The predicted octanol–water partition coefficient (Wildman–Crippen LogP) is 4.22. The zero-order chi connectivity index (χ0) is 23.6. The van der Waals surface area contributed by atoms with E-state index < -0.39 is 0 Å². The van der Waals surface area contributed by atoms with Gasteiger partial charge in [0, 0.05) is 25.8 Å². The predicted molar refractivity (Wildman–Crippen MR) is 134 cm³/mol. The van der Waals surface area contributed by atoms with Crippen molar-refractivity contribution < 1.29 is 4.79 Å². The van der Waals surface area contributed by atoms with Crippen LogP contribution in [0.4, 0.5) is 11.4 Å². The number of carbonyl (C=O) groups is 1. The number of hydrogen-bond acceptors (Lipinski definition) is 7. The van der Waals surface area contributed by atoms with Gasteiger partial charge in [0.15, 0.2) is 0 Å². The number of hydrogen-bond donors (Lipinski definition) is 2. The van der Waals surface area contributed by atoms with Crippen molar-refractivity contribution in [2.75, 3.05) is 30.3 Å². The number of benzene rings is 1. The van der Waals surface area contributed by atoms with Gasteiger partial charge in [-0.15, -0.1) is 11.3 Å². The lowest BCUT2D eigenvalue weighted by atomic mass is 9.43. The van der Waals surface area contributed by atoms with E-state index >= 15 is 0 Å². The summed E-state index contributed by atoms with van der Waals surface area (Å²) in [6.45, 7) is 6.55. The Balaban J connectivity index is 1.15. The van der Waals surface area contributed by atoms with Crippen molar-refractivity contribution >= 4 is 39.0 Å². The molecule has 6 rings (SSSR count). The molecule has 8 heteroatoms. The molecule has 1 aromatic carbocycles. The van der Waals surface area contributed by atoms with Crippen LogP contribution in [0.2, 0.25) is 0 Å². The number of aromatic nitrogens is 2. The van der Waals surface area contributed by atoms with Gasteiger partial charge in [-0.1, -0.05) is 13.0 Å². The van der Waals surface area contributed by atoms with Crippen molar-refractivity contribution in [3.05, 3.63) is 46.1 Å². The van der Waals surface area contributed by atoms with Crippen LogP contribution in [0.15, 0.2) is 24.4 Å². The molecule has 1 amide bonds. The third-order valence-electron chi connectivity index (χ3n) is 8.46. The molecule has 3 N–H and O–H groups in total. The topological polar surface area (TPSA) is 108 Å². The smallest absolute Gasteiger partial charge is 0.263 e. The summed E-state index contributed by atoms with van der Waals surface area (Å²) in [6, 6.07) is 8.62. The Hall–Kier alpha value is -3.18. The lowest BCUT2D eigenvalue weighted by molar-refractivity contribution is -0.104. The molecular formula is C26H28N6OS. The Labute approximate surface area is 203 Å². The lowest BCUT2D eigenvalue weighted by Gasteiger charge is -2.60. The number of nitrogens with one attached hydrogen (secondary N) is 1. The zero-order valence-electron chi connectivity index (χ0n) is 19.5. The first-order chi connectivity index (χ1) is 16.4. The fourth-order valence-corrected chi connectivity index (χ4v) is 7.31. The van der Waals surface area contributed by atoms with Gasteiger partial charge in [-0.2, -0.15) is 5.26 Å². The summed E-state index contributed by atoms with van der Waals surface area (Å²) < 4.78 is 0. The van der Waals surface area contributed by atoms with Crippen LogP contribution in [-0.4, -0.2) is 35.5 Å². The summed E-state index contributed by atoms with van der Waals surface area (Å²) in [5, 5.41) is 12.9. The number of aryl methyl sites for hydroxylation is 1. The summed E-state index contributed by atoms with van der Waals surface area (Å²) in [7, 11) is 0. The largest absolute Gasteiger partial charge is 0.396 e. The molecule has 174 valence electrons. The molecule has 2 saturated carbocycles. The summed E-state index contributed by atoms with van der Waals surface area (Å²) in [6.07, 6.45) is 5.76. The molecule has 1 saturated heterocycles. The van der Waals surface area contributed by atoms with Crippen LogP contribution < -0.4 is 16.0 Å². The Morgan fingerprint density at radius 1 is 1.44 bits per heavy atom. The molecule has 34 heavy (non-hydrogen) atoms. The first-order valence-corrected chi connectivity index (χ1v) is 12.8. The van der Waals surface area contributed by atoms with E-state index in [0.29, 0.717) is 32.9 Å². The van der Waals surface area contributed by atoms with Gasteiger partial charge >= 0.3 is 0 Å². The molecule has 3 aromatic rings. The summed E-state index contributed by atoms with van der Waals surface area (Å²) >= 11 is 1.27. The van der Waals surface area contributed by atoms with Crippen molar-refractivity contribution in [1.82, 2.24) is 15.3 Å². The molecule has 3 aliphatic rings. The second kappa shape index (κ2) is 7.67. The third kappa shape index (κ3) is 3.10. The van der Waals surface area contributed by atoms with Crippen LogP contribution in [0.1, 0.15) is 58.6 Å². The van der Waals surface area contributed by atoms with Gasteiger partial charge in [0.25, 0.3) is 5.91 Å². The van der Waals surface area contributed by atoms with E-state index in [9.17, 15) is 10.1 Å². The molecule has 3 fully saturated rings. The minimum absolute atomic E-state index is 0.0589. The highest BCUT2D eigenvalue weighted by Gasteiger charge is 2.64. The molecule has 7 nitrogen and oxygen atoms in total. The fraction of sp³-hybridized carbons (Fsp3) is 0.462. The quantitative estimate of drug-likeness (QED) is 0.576. The molecule has 2 aromatic heterocycles. The van der Waals surface area contributed by atoms with E-state index in [-0.39, 0.29) is 11.8 Å². The van der Waals surface area contributed by atoms with Gasteiger partial charge < -0.3 is 16.0 Å². The average molecular weight is 473 g/mol. The van der Waals surface area contributed by atoms with Crippen LogP contribution >= 0.6 is 11.3 Å². The van der Waals surface area contributed by atoms with Crippen molar-refractivity contribution in [3.8, 4) is 6.07 Å². The normalized spacial score (nSPS) is 25.6. The number of rotatable bonds is 5. The second-order valence-corrected chi connectivity index (χ2v) is 11.3. The standard InChI is InChI=1S/C26H28N6OS/c1-14(10-30-24(33)23-21(28)22-25(34-23)31-15(2)11-29-22)16-3-4-20(17(7-16)9-27)32-12-19-8-18-5-6-26(18,19)13-32/h3-4,7,11,14,18-19H,5-6,8,10,12-13,28H2,1-2H3,(H,30,33)/t14-,18?,19?,26?/m0/s1. The maximum Gasteiger partial charge on any atom is 0.263 e. The van der Waals surface area contributed by atoms with Crippen LogP contribution in [-0.2, 0) is 0 Å². The number of nitrogens with two attached hydrogens (primary N) is 1. The van der Waals surface area contributed by atoms with Crippen molar-refractivity contribution in [3.63, 3.8) is 0 Å². The molecule has 0 bridgehead atoms. The number of amides is 1. The maximum absolute atomic E-state index is 12.8. The summed E-state index contributed by atoms with van der Waals surface area (Å²) in [4.78, 5) is 25.1. The fourth-order valence-electron chi connectivity index (χ4n) is 6.30. The van der Waals surface area contributed by atoms with Crippen molar-refractivity contribution in [1.29, 1.82) is 5.26 Å². The third-order valence-corrected chi connectivity index (χ3v) is 9.55. The highest BCUT2D eigenvalue weighted by atomic mass is 32.1. The Kier molecular flexibility index (Phi) is 4.82. The minimum atomic E-state index is -0.217. The second-order valence-electron chi connectivity index (χ2n) is 10.3. The molecule has 3 heterocycles. The van der Waals surface area contributed by atoms with E-state index in [4.69, 9.17) is 5.73 Å². The highest BCUT2D eigenvalue weighted by molar-refractivity contribution is 7.21. The Morgan fingerprint density at radius 2 is 2.29 bits per heavy atom. The molecule has 3 unspecified atom stereocenters. The van der Waals surface area contributed by atoms with Crippen LogP contribution in [0, 0.1) is 35.5 Å². The summed E-state index contributed by atoms with van der Waals surface area (Å²) in [5.74, 6) is 1.57. The van der Waals surface area contributed by atoms with Crippen LogP contribution in [0.25, 0.3) is 10.3 Å². The molecule has 4 atom stereocenters. The number of thiophene rings is 1. The van der Waals surface area contributed by atoms with Gasteiger partial charge in [0.2, 0.25) is 0 Å². The number of fused-ring (bicyclic) bond motifs is 1.